The number of carbonyl (C=O) groups is 1. The van der Waals surface area contributed by atoms with Crippen LogP contribution in [0.5, 0.6) is 0 Å². The molecular formula is C13H22N2O3. The standard InChI is InChI=1S/C13H22N2O3/c1-13(2,3)18-12(16)15(8-5-7-14)10-11-6-4-9-17-11/h4,6,9H,5,7-8,10,14H2,1-3H3. The summed E-state index contributed by atoms with van der Waals surface area (Å²) in [5.41, 5.74) is 4.98. The first-order valence-corrected chi connectivity index (χ1v) is 6.13. The Bertz CT molecular complexity index is 355. The summed E-state index contributed by atoms with van der Waals surface area (Å²) in [7, 11) is 0. The maximum absolute atomic E-state index is 12.0. The minimum Gasteiger partial charge on any atom is -0.467 e. The predicted octanol–water partition coefficient (Wildman–Crippen LogP) is 2.37. The number of nitrogens with two attached hydrogens (primary N) is 1. The molecule has 102 valence electrons. The van der Waals surface area contributed by atoms with Crippen molar-refractivity contribution in [3.8, 4) is 0 Å². The fourth-order valence-electron chi connectivity index (χ4n) is 1.43. The van der Waals surface area contributed by atoms with Crippen LogP contribution in [0.2, 0.25) is 0 Å². The summed E-state index contributed by atoms with van der Waals surface area (Å²) in [6, 6.07) is 3.63. The second kappa shape index (κ2) is 6.44. The molecule has 1 heterocycles. The molecule has 0 atom stereocenters. The Morgan fingerprint density at radius 1 is 1.50 bits per heavy atom. The highest BCUT2D eigenvalue weighted by Gasteiger charge is 2.22. The second-order valence-electron chi connectivity index (χ2n) is 5.12. The molecule has 0 aromatic carbocycles. The molecule has 1 rings (SSSR count). The van der Waals surface area contributed by atoms with Crippen molar-refractivity contribution >= 4 is 6.09 Å². The van der Waals surface area contributed by atoms with Gasteiger partial charge in [-0.2, -0.15) is 0 Å². The van der Waals surface area contributed by atoms with E-state index in [-0.39, 0.29) is 6.09 Å². The minimum atomic E-state index is -0.499. The Morgan fingerprint density at radius 3 is 2.72 bits per heavy atom. The zero-order valence-electron chi connectivity index (χ0n) is 11.3. The molecule has 18 heavy (non-hydrogen) atoms. The molecule has 0 spiro atoms. The average Bonchev–Trinajstić information content (AvgIpc) is 2.74. The van der Waals surface area contributed by atoms with Gasteiger partial charge >= 0.3 is 6.09 Å². The Labute approximate surface area is 108 Å². The molecule has 0 aliphatic heterocycles. The third kappa shape index (κ3) is 5.23. The summed E-state index contributed by atoms with van der Waals surface area (Å²) < 4.78 is 10.6. The van der Waals surface area contributed by atoms with Crippen LogP contribution in [0.1, 0.15) is 33.0 Å². The van der Waals surface area contributed by atoms with E-state index in [1.54, 1.807) is 17.2 Å². The van der Waals surface area contributed by atoms with E-state index in [1.807, 2.05) is 26.8 Å². The van der Waals surface area contributed by atoms with Crippen molar-refractivity contribution in [3.63, 3.8) is 0 Å². The molecule has 1 aromatic heterocycles. The molecule has 0 aliphatic carbocycles. The van der Waals surface area contributed by atoms with Crippen molar-refractivity contribution in [2.75, 3.05) is 13.1 Å². The number of carbonyl (C=O) groups excluding carboxylic acids is 1. The monoisotopic (exact) mass is 254 g/mol. The molecule has 0 fully saturated rings. The Morgan fingerprint density at radius 2 is 2.22 bits per heavy atom. The second-order valence-corrected chi connectivity index (χ2v) is 5.12. The molecule has 2 N–H and O–H groups in total. The molecule has 0 unspecified atom stereocenters. The molecule has 0 radical (unpaired) electrons. The SMILES string of the molecule is CC(C)(C)OC(=O)N(CCCN)Cc1ccco1. The first-order chi connectivity index (χ1) is 8.42. The Hall–Kier alpha value is -1.49. The van der Waals surface area contributed by atoms with Crippen LogP contribution in [-0.4, -0.2) is 29.7 Å². The summed E-state index contributed by atoms with van der Waals surface area (Å²) in [4.78, 5) is 13.6. The van der Waals surface area contributed by atoms with Crippen molar-refractivity contribution in [1.82, 2.24) is 4.90 Å². The summed E-state index contributed by atoms with van der Waals surface area (Å²) >= 11 is 0. The van der Waals surface area contributed by atoms with E-state index in [1.165, 1.54) is 0 Å². The maximum atomic E-state index is 12.0. The number of amides is 1. The van der Waals surface area contributed by atoms with Crippen molar-refractivity contribution < 1.29 is 13.9 Å². The smallest absolute Gasteiger partial charge is 0.410 e. The lowest BCUT2D eigenvalue weighted by Crippen LogP contribution is -2.37. The van der Waals surface area contributed by atoms with Crippen molar-refractivity contribution in [1.29, 1.82) is 0 Å². The van der Waals surface area contributed by atoms with Crippen LogP contribution in [0.4, 0.5) is 4.79 Å². The predicted molar refractivity (Wildman–Crippen MR) is 69.0 cm³/mol. The van der Waals surface area contributed by atoms with Crippen LogP contribution < -0.4 is 5.73 Å². The van der Waals surface area contributed by atoms with E-state index in [0.29, 0.717) is 19.6 Å². The van der Waals surface area contributed by atoms with Crippen molar-refractivity contribution in [3.05, 3.63) is 24.2 Å². The van der Waals surface area contributed by atoms with Crippen LogP contribution in [-0.2, 0) is 11.3 Å². The third-order valence-electron chi connectivity index (χ3n) is 2.21. The van der Waals surface area contributed by atoms with E-state index < -0.39 is 5.60 Å². The van der Waals surface area contributed by atoms with Gasteiger partial charge in [-0.25, -0.2) is 4.79 Å². The van der Waals surface area contributed by atoms with E-state index in [2.05, 4.69) is 0 Å². The minimum absolute atomic E-state index is 0.340. The van der Waals surface area contributed by atoms with E-state index >= 15 is 0 Å². The summed E-state index contributed by atoms with van der Waals surface area (Å²) in [6.07, 6.45) is 1.98. The van der Waals surface area contributed by atoms with Crippen LogP contribution in [0.15, 0.2) is 22.8 Å². The van der Waals surface area contributed by atoms with Gasteiger partial charge in [0.1, 0.15) is 11.4 Å². The molecule has 0 saturated carbocycles. The van der Waals surface area contributed by atoms with Gasteiger partial charge in [-0.3, -0.25) is 0 Å². The molecule has 0 bridgehead atoms. The Kier molecular flexibility index (Phi) is 5.22. The number of nitrogens with zero attached hydrogens (tertiary/aromatic N) is 1. The van der Waals surface area contributed by atoms with Crippen LogP contribution >= 0.6 is 0 Å². The fraction of sp³-hybridized carbons (Fsp3) is 0.615. The van der Waals surface area contributed by atoms with Crippen molar-refractivity contribution in [2.24, 2.45) is 5.73 Å². The van der Waals surface area contributed by atoms with Gasteiger partial charge in [0.05, 0.1) is 12.8 Å². The number of hydrogen-bond acceptors (Lipinski definition) is 4. The molecule has 0 saturated heterocycles. The normalized spacial score (nSPS) is 11.3. The third-order valence-corrected chi connectivity index (χ3v) is 2.21. The quantitative estimate of drug-likeness (QED) is 0.875. The lowest BCUT2D eigenvalue weighted by molar-refractivity contribution is 0.0220. The highest BCUT2D eigenvalue weighted by atomic mass is 16.6. The van der Waals surface area contributed by atoms with Gasteiger partial charge in [0.2, 0.25) is 0 Å². The lowest BCUT2D eigenvalue weighted by Gasteiger charge is -2.26. The summed E-state index contributed by atoms with van der Waals surface area (Å²) in [6.45, 7) is 7.04. The molecule has 5 heteroatoms. The van der Waals surface area contributed by atoms with Gasteiger partial charge < -0.3 is 19.8 Å². The van der Waals surface area contributed by atoms with E-state index in [0.717, 1.165) is 12.2 Å². The van der Waals surface area contributed by atoms with Crippen LogP contribution in [0, 0.1) is 0 Å². The number of hydrogen-bond donors (Lipinski definition) is 1. The maximum Gasteiger partial charge on any atom is 0.410 e. The topological polar surface area (TPSA) is 68.7 Å². The first-order valence-electron chi connectivity index (χ1n) is 6.13. The molecule has 1 aromatic rings. The van der Waals surface area contributed by atoms with Gasteiger partial charge in [0, 0.05) is 6.54 Å². The highest BCUT2D eigenvalue weighted by molar-refractivity contribution is 5.68. The molecule has 5 nitrogen and oxygen atoms in total. The fourth-order valence-corrected chi connectivity index (χ4v) is 1.43. The van der Waals surface area contributed by atoms with Crippen LogP contribution in [0.25, 0.3) is 0 Å². The first kappa shape index (κ1) is 14.6. The molecular weight excluding hydrogens is 232 g/mol. The van der Waals surface area contributed by atoms with Gasteiger partial charge in [0.25, 0.3) is 0 Å². The van der Waals surface area contributed by atoms with Gasteiger partial charge in [-0.1, -0.05) is 0 Å². The van der Waals surface area contributed by atoms with Crippen molar-refractivity contribution in [2.45, 2.75) is 39.3 Å². The molecule has 0 aliphatic rings. The van der Waals surface area contributed by atoms with Crippen LogP contribution in [0.3, 0.4) is 0 Å². The lowest BCUT2D eigenvalue weighted by atomic mass is 10.2. The number of rotatable bonds is 5. The zero-order chi connectivity index (χ0) is 13.6. The molecule has 1 amide bonds. The Balaban J connectivity index is 2.62. The largest absolute Gasteiger partial charge is 0.467 e. The average molecular weight is 254 g/mol. The van der Waals surface area contributed by atoms with Gasteiger partial charge in [0.15, 0.2) is 0 Å². The van der Waals surface area contributed by atoms with Gasteiger partial charge in [-0.05, 0) is 45.9 Å². The number of furan rings is 1. The zero-order valence-corrected chi connectivity index (χ0v) is 11.3. The summed E-state index contributed by atoms with van der Waals surface area (Å²) in [5.74, 6) is 0.734. The van der Waals surface area contributed by atoms with E-state index in [4.69, 9.17) is 14.9 Å². The number of ether oxygens (including phenoxy) is 1. The van der Waals surface area contributed by atoms with Gasteiger partial charge in [-0.15, -0.1) is 0 Å². The summed E-state index contributed by atoms with van der Waals surface area (Å²) in [5, 5.41) is 0. The van der Waals surface area contributed by atoms with E-state index in [9.17, 15) is 4.79 Å². The highest BCUT2D eigenvalue weighted by Crippen LogP contribution is 2.13.